The lowest BCUT2D eigenvalue weighted by Gasteiger charge is -2.57. The van der Waals surface area contributed by atoms with Crippen LogP contribution in [0.15, 0.2) is 18.2 Å². The third-order valence-corrected chi connectivity index (χ3v) is 8.78. The molecule has 5 nitrogen and oxygen atoms in total. The number of hydrogen-bond acceptors (Lipinski definition) is 5. The Morgan fingerprint density at radius 2 is 1.85 bits per heavy atom. The first-order valence-electron chi connectivity index (χ1n) is 13.1. The Bertz CT molecular complexity index is 737. The Morgan fingerprint density at radius 3 is 2.61 bits per heavy atom. The van der Waals surface area contributed by atoms with Crippen LogP contribution in [0.3, 0.4) is 0 Å². The van der Waals surface area contributed by atoms with Crippen molar-refractivity contribution in [2.75, 3.05) is 33.4 Å². The number of benzene rings is 1. The van der Waals surface area contributed by atoms with Crippen molar-refractivity contribution in [3.63, 3.8) is 0 Å². The van der Waals surface area contributed by atoms with Crippen molar-refractivity contribution < 1.29 is 19.7 Å². The van der Waals surface area contributed by atoms with E-state index >= 15 is 0 Å². The van der Waals surface area contributed by atoms with Gasteiger partial charge in [0.2, 0.25) is 0 Å². The van der Waals surface area contributed by atoms with Crippen molar-refractivity contribution in [1.82, 2.24) is 5.32 Å². The molecule has 4 unspecified atom stereocenters. The Balaban J connectivity index is 1.60. The van der Waals surface area contributed by atoms with Gasteiger partial charge in [0.05, 0.1) is 19.3 Å². The molecule has 3 rings (SSSR count). The SMILES string of the molecule is COCCNCCCc1ccc(OCC2CCCCCC3C(C)(C)C(O)CCC23C)cc1O. The van der Waals surface area contributed by atoms with E-state index in [0.29, 0.717) is 24.2 Å². The number of phenolic OH excluding ortho intramolecular Hbond substituents is 1. The maximum Gasteiger partial charge on any atom is 0.123 e. The average molecular weight is 462 g/mol. The highest BCUT2D eigenvalue weighted by atomic mass is 16.5. The molecule has 0 aliphatic heterocycles. The zero-order valence-electron chi connectivity index (χ0n) is 21.4. The predicted octanol–water partition coefficient (Wildman–Crippen LogP) is 5.32. The van der Waals surface area contributed by atoms with E-state index in [2.05, 4.69) is 26.1 Å². The molecular weight excluding hydrogens is 414 g/mol. The molecule has 0 spiro atoms. The highest BCUT2D eigenvalue weighted by molar-refractivity contribution is 5.39. The summed E-state index contributed by atoms with van der Waals surface area (Å²) in [4.78, 5) is 0. The van der Waals surface area contributed by atoms with Crippen LogP contribution in [0.1, 0.15) is 77.7 Å². The van der Waals surface area contributed by atoms with Gasteiger partial charge in [0, 0.05) is 19.7 Å². The molecule has 0 amide bonds. The minimum Gasteiger partial charge on any atom is -0.508 e. The fraction of sp³-hybridized carbons (Fsp3) is 0.786. The standard InChI is InChI=1S/C28H47NO4/c1-27(2)25-11-7-5-6-10-22(28(25,3)15-14-26(27)31)20-33-23-13-12-21(24(30)19-23)9-8-16-29-17-18-32-4/h12-13,19,22,25-26,29-31H,5-11,14-18,20H2,1-4H3. The number of aliphatic hydroxyl groups is 1. The number of ether oxygens (including phenoxy) is 2. The van der Waals surface area contributed by atoms with E-state index in [1.54, 1.807) is 13.2 Å². The van der Waals surface area contributed by atoms with Crippen LogP contribution in [0.25, 0.3) is 0 Å². The number of aliphatic hydroxyl groups excluding tert-OH is 1. The summed E-state index contributed by atoms with van der Waals surface area (Å²) in [6, 6.07) is 5.79. The summed E-state index contributed by atoms with van der Waals surface area (Å²) in [7, 11) is 1.71. The van der Waals surface area contributed by atoms with Gasteiger partial charge in [0.1, 0.15) is 11.5 Å². The second-order valence-corrected chi connectivity index (χ2v) is 11.2. The molecule has 0 radical (unpaired) electrons. The third-order valence-electron chi connectivity index (χ3n) is 8.78. The van der Waals surface area contributed by atoms with E-state index in [-0.39, 0.29) is 16.9 Å². The normalized spacial score (nSPS) is 29.7. The Morgan fingerprint density at radius 1 is 1.06 bits per heavy atom. The Kier molecular flexibility index (Phi) is 9.49. The summed E-state index contributed by atoms with van der Waals surface area (Å²) in [6.45, 7) is 10.1. The topological polar surface area (TPSA) is 71.0 Å². The number of aryl methyl sites for hydroxylation is 1. The number of aromatic hydroxyl groups is 1. The van der Waals surface area contributed by atoms with Gasteiger partial charge in [-0.2, -0.15) is 0 Å². The average Bonchev–Trinajstić information content (AvgIpc) is 2.77. The van der Waals surface area contributed by atoms with Crippen LogP contribution >= 0.6 is 0 Å². The monoisotopic (exact) mass is 461 g/mol. The minimum atomic E-state index is -0.212. The zero-order chi connectivity index (χ0) is 23.9. The van der Waals surface area contributed by atoms with Crippen LogP contribution in [0, 0.1) is 22.7 Å². The summed E-state index contributed by atoms with van der Waals surface area (Å²) in [5.41, 5.74) is 1.10. The number of hydrogen-bond donors (Lipinski definition) is 3. The molecule has 2 aliphatic carbocycles. The molecule has 188 valence electrons. The highest BCUT2D eigenvalue weighted by Gasteiger charge is 2.53. The molecule has 0 saturated heterocycles. The number of methoxy groups -OCH3 is 1. The molecule has 1 aromatic rings. The van der Waals surface area contributed by atoms with Gasteiger partial charge < -0.3 is 25.0 Å². The first-order valence-corrected chi connectivity index (χ1v) is 13.1. The predicted molar refractivity (Wildman–Crippen MR) is 134 cm³/mol. The van der Waals surface area contributed by atoms with Gasteiger partial charge in [-0.15, -0.1) is 0 Å². The summed E-state index contributed by atoms with van der Waals surface area (Å²) < 4.78 is 11.3. The summed E-state index contributed by atoms with van der Waals surface area (Å²) >= 11 is 0. The van der Waals surface area contributed by atoms with Crippen LogP contribution < -0.4 is 10.1 Å². The number of nitrogens with one attached hydrogen (secondary N) is 1. The highest BCUT2D eigenvalue weighted by Crippen LogP contribution is 2.58. The Hall–Kier alpha value is -1.30. The van der Waals surface area contributed by atoms with Gasteiger partial charge in [-0.1, -0.05) is 46.1 Å². The first-order chi connectivity index (χ1) is 15.8. The number of phenols is 1. The number of rotatable bonds is 10. The van der Waals surface area contributed by atoms with E-state index < -0.39 is 0 Å². The molecule has 0 heterocycles. The first kappa shape index (κ1) is 26.3. The van der Waals surface area contributed by atoms with E-state index in [0.717, 1.165) is 56.7 Å². The molecule has 2 fully saturated rings. The lowest BCUT2D eigenvalue weighted by atomic mass is 9.49. The van der Waals surface area contributed by atoms with Crippen LogP contribution in [0.5, 0.6) is 11.5 Å². The van der Waals surface area contributed by atoms with Crippen molar-refractivity contribution in [3.8, 4) is 11.5 Å². The van der Waals surface area contributed by atoms with Gasteiger partial charge in [-0.3, -0.25) is 0 Å². The summed E-state index contributed by atoms with van der Waals surface area (Å²) in [5, 5.41) is 24.6. The van der Waals surface area contributed by atoms with Crippen molar-refractivity contribution in [2.24, 2.45) is 22.7 Å². The minimum absolute atomic E-state index is 0.0546. The van der Waals surface area contributed by atoms with Crippen molar-refractivity contribution in [2.45, 2.75) is 84.7 Å². The molecule has 2 saturated carbocycles. The Labute approximate surface area is 201 Å². The van der Waals surface area contributed by atoms with Crippen LogP contribution in [0.2, 0.25) is 0 Å². The molecular formula is C28H47NO4. The molecule has 33 heavy (non-hydrogen) atoms. The summed E-state index contributed by atoms with van der Waals surface area (Å²) in [6.07, 6.45) is 9.72. The van der Waals surface area contributed by atoms with Gasteiger partial charge >= 0.3 is 0 Å². The maximum absolute atomic E-state index is 10.8. The molecule has 3 N–H and O–H groups in total. The molecule has 5 heteroatoms. The van der Waals surface area contributed by atoms with E-state index in [9.17, 15) is 10.2 Å². The van der Waals surface area contributed by atoms with Crippen LogP contribution in [-0.4, -0.2) is 49.7 Å². The van der Waals surface area contributed by atoms with E-state index in [1.807, 2.05) is 12.1 Å². The second kappa shape index (κ2) is 11.9. The zero-order valence-corrected chi connectivity index (χ0v) is 21.4. The van der Waals surface area contributed by atoms with Crippen LogP contribution in [0.4, 0.5) is 0 Å². The smallest absolute Gasteiger partial charge is 0.123 e. The molecule has 0 aromatic heterocycles. The molecule has 4 atom stereocenters. The lowest BCUT2D eigenvalue weighted by Crippen LogP contribution is -2.54. The fourth-order valence-electron chi connectivity index (χ4n) is 6.53. The van der Waals surface area contributed by atoms with Crippen molar-refractivity contribution in [1.29, 1.82) is 0 Å². The largest absolute Gasteiger partial charge is 0.508 e. The molecule has 0 bridgehead atoms. The number of fused-ring (bicyclic) bond motifs is 1. The van der Waals surface area contributed by atoms with Crippen molar-refractivity contribution in [3.05, 3.63) is 23.8 Å². The lowest BCUT2D eigenvalue weighted by molar-refractivity contribution is -0.130. The summed E-state index contributed by atoms with van der Waals surface area (Å²) in [5.74, 6) is 2.06. The second-order valence-electron chi connectivity index (χ2n) is 11.2. The van der Waals surface area contributed by atoms with Gasteiger partial charge in [-0.25, -0.2) is 0 Å². The fourth-order valence-corrected chi connectivity index (χ4v) is 6.53. The van der Waals surface area contributed by atoms with Crippen LogP contribution in [-0.2, 0) is 11.2 Å². The quantitative estimate of drug-likeness (QED) is 0.411. The van der Waals surface area contributed by atoms with Gasteiger partial charge in [0.25, 0.3) is 0 Å². The maximum atomic E-state index is 10.8. The van der Waals surface area contributed by atoms with Crippen molar-refractivity contribution >= 4 is 0 Å². The van der Waals surface area contributed by atoms with E-state index in [4.69, 9.17) is 9.47 Å². The molecule has 1 aromatic carbocycles. The molecule has 2 aliphatic rings. The third kappa shape index (κ3) is 6.43. The van der Waals surface area contributed by atoms with Gasteiger partial charge in [0.15, 0.2) is 0 Å². The van der Waals surface area contributed by atoms with Gasteiger partial charge in [-0.05, 0) is 79.4 Å². The van der Waals surface area contributed by atoms with E-state index in [1.165, 1.54) is 32.1 Å².